The predicted octanol–water partition coefficient (Wildman–Crippen LogP) is 1.73. The molecule has 2 aromatic rings. The molecule has 9 heteroatoms. The third-order valence-corrected chi connectivity index (χ3v) is 6.60. The number of fused-ring (bicyclic) bond motifs is 1. The van der Waals surface area contributed by atoms with Crippen molar-refractivity contribution in [1.29, 1.82) is 0 Å². The van der Waals surface area contributed by atoms with Crippen molar-refractivity contribution in [2.45, 2.75) is 43.8 Å². The minimum atomic E-state index is -0.870. The van der Waals surface area contributed by atoms with E-state index in [2.05, 4.69) is 16.0 Å². The number of hydrogen-bond donors (Lipinski definition) is 3. The molecule has 6 amide bonds. The number of rotatable bonds is 4. The largest absolute Gasteiger partial charge is 0.349 e. The summed E-state index contributed by atoms with van der Waals surface area (Å²) in [5, 5.41) is 7.98. The summed E-state index contributed by atoms with van der Waals surface area (Å²) in [7, 11) is 0. The van der Waals surface area contributed by atoms with Gasteiger partial charge in [-0.25, -0.2) is 4.79 Å². The lowest BCUT2D eigenvalue weighted by Gasteiger charge is -2.34. The minimum Gasteiger partial charge on any atom is -0.349 e. The van der Waals surface area contributed by atoms with Crippen molar-refractivity contribution in [2.75, 3.05) is 0 Å². The Morgan fingerprint density at radius 2 is 1.64 bits per heavy atom. The fraction of sp³-hybridized carbons (Fsp3) is 0.292. The number of nitrogens with one attached hydrogen (secondary N) is 3. The van der Waals surface area contributed by atoms with Gasteiger partial charge >= 0.3 is 6.03 Å². The van der Waals surface area contributed by atoms with E-state index < -0.39 is 11.6 Å². The van der Waals surface area contributed by atoms with Gasteiger partial charge in [-0.2, -0.15) is 0 Å². The van der Waals surface area contributed by atoms with Crippen LogP contribution in [0.15, 0.2) is 48.5 Å². The Bertz CT molecular complexity index is 1160. The molecule has 0 atom stereocenters. The SMILES string of the molecule is O=C1NC(=O)C2(CCC(NC(=O)c3cccc(CN4C(=O)c5ccccc5C4=O)c3)CC2)N1. The lowest BCUT2D eigenvalue weighted by atomic mass is 9.79. The molecule has 1 saturated heterocycles. The second-order valence-corrected chi connectivity index (χ2v) is 8.68. The van der Waals surface area contributed by atoms with Crippen LogP contribution in [-0.2, 0) is 11.3 Å². The van der Waals surface area contributed by atoms with Gasteiger partial charge in [-0.05, 0) is 55.5 Å². The summed E-state index contributed by atoms with van der Waals surface area (Å²) < 4.78 is 0. The fourth-order valence-corrected chi connectivity index (χ4v) is 4.78. The Morgan fingerprint density at radius 3 is 2.24 bits per heavy atom. The number of carbonyl (C=O) groups excluding carboxylic acids is 5. The molecule has 3 N–H and O–H groups in total. The van der Waals surface area contributed by atoms with Crippen molar-refractivity contribution < 1.29 is 24.0 Å². The summed E-state index contributed by atoms with van der Waals surface area (Å²) in [4.78, 5) is 62.8. The van der Waals surface area contributed by atoms with Gasteiger partial charge in [-0.15, -0.1) is 0 Å². The van der Waals surface area contributed by atoms with Gasteiger partial charge < -0.3 is 10.6 Å². The molecule has 0 radical (unpaired) electrons. The maximum absolute atomic E-state index is 12.8. The Hall–Kier alpha value is -4.01. The smallest absolute Gasteiger partial charge is 0.322 e. The highest BCUT2D eigenvalue weighted by atomic mass is 16.2. The molecule has 1 spiro atoms. The quantitative estimate of drug-likeness (QED) is 0.487. The molecular weight excluding hydrogens is 424 g/mol. The Kier molecular flexibility index (Phi) is 4.96. The van der Waals surface area contributed by atoms with Crippen LogP contribution in [0.4, 0.5) is 4.79 Å². The van der Waals surface area contributed by atoms with Crippen molar-refractivity contribution in [3.63, 3.8) is 0 Å². The molecule has 2 fully saturated rings. The summed E-state index contributed by atoms with van der Waals surface area (Å²) in [6.45, 7) is 0.0776. The summed E-state index contributed by atoms with van der Waals surface area (Å²) in [5.74, 6) is -1.26. The topological polar surface area (TPSA) is 125 Å². The second-order valence-electron chi connectivity index (χ2n) is 8.68. The third-order valence-electron chi connectivity index (χ3n) is 6.60. The van der Waals surface area contributed by atoms with E-state index in [9.17, 15) is 24.0 Å². The predicted molar refractivity (Wildman–Crippen MR) is 116 cm³/mol. The monoisotopic (exact) mass is 446 g/mol. The maximum Gasteiger partial charge on any atom is 0.322 e. The molecule has 1 saturated carbocycles. The van der Waals surface area contributed by atoms with Gasteiger partial charge in [-0.3, -0.25) is 29.4 Å². The lowest BCUT2D eigenvalue weighted by molar-refractivity contribution is -0.125. The molecule has 1 aliphatic carbocycles. The molecule has 0 aromatic heterocycles. The molecule has 2 aromatic carbocycles. The van der Waals surface area contributed by atoms with E-state index in [0.29, 0.717) is 47.9 Å². The molecule has 5 rings (SSSR count). The zero-order valence-electron chi connectivity index (χ0n) is 17.7. The highest BCUT2D eigenvalue weighted by Gasteiger charge is 2.48. The van der Waals surface area contributed by atoms with Crippen LogP contribution in [0.2, 0.25) is 0 Å². The average molecular weight is 446 g/mol. The van der Waals surface area contributed by atoms with Gasteiger partial charge in [0.25, 0.3) is 23.6 Å². The molecule has 0 bridgehead atoms. The van der Waals surface area contributed by atoms with Crippen LogP contribution in [0, 0.1) is 0 Å². The molecule has 168 valence electrons. The molecule has 0 unspecified atom stereocenters. The summed E-state index contributed by atoms with van der Waals surface area (Å²) in [6, 6.07) is 13.0. The first-order valence-corrected chi connectivity index (χ1v) is 10.8. The molecule has 2 aliphatic heterocycles. The van der Waals surface area contributed by atoms with Crippen LogP contribution in [-0.4, -0.2) is 46.1 Å². The van der Waals surface area contributed by atoms with E-state index in [1.54, 1.807) is 48.5 Å². The first-order chi connectivity index (χ1) is 15.9. The summed E-state index contributed by atoms with van der Waals surface area (Å²) >= 11 is 0. The van der Waals surface area contributed by atoms with Gasteiger partial charge in [0.15, 0.2) is 0 Å². The van der Waals surface area contributed by atoms with Crippen LogP contribution >= 0.6 is 0 Å². The highest BCUT2D eigenvalue weighted by molar-refractivity contribution is 6.21. The number of imide groups is 2. The van der Waals surface area contributed by atoms with Crippen molar-refractivity contribution in [3.8, 4) is 0 Å². The average Bonchev–Trinajstić information content (AvgIpc) is 3.23. The van der Waals surface area contributed by atoms with Gasteiger partial charge in [0.1, 0.15) is 5.54 Å². The van der Waals surface area contributed by atoms with Gasteiger partial charge in [-0.1, -0.05) is 24.3 Å². The van der Waals surface area contributed by atoms with E-state index in [-0.39, 0.29) is 36.2 Å². The maximum atomic E-state index is 12.8. The van der Waals surface area contributed by atoms with E-state index in [4.69, 9.17) is 0 Å². The molecule has 3 aliphatic rings. The Morgan fingerprint density at radius 1 is 0.970 bits per heavy atom. The van der Waals surface area contributed by atoms with Crippen LogP contribution in [0.3, 0.4) is 0 Å². The first-order valence-electron chi connectivity index (χ1n) is 10.8. The van der Waals surface area contributed by atoms with Crippen molar-refractivity contribution in [2.24, 2.45) is 0 Å². The first kappa shape index (κ1) is 20.9. The van der Waals surface area contributed by atoms with Crippen molar-refractivity contribution >= 4 is 29.7 Å². The lowest BCUT2D eigenvalue weighted by Crippen LogP contribution is -2.52. The Labute approximate surface area is 189 Å². The summed E-state index contributed by atoms with van der Waals surface area (Å²) in [6.07, 6.45) is 2.03. The highest BCUT2D eigenvalue weighted by Crippen LogP contribution is 2.31. The second kappa shape index (κ2) is 7.84. The van der Waals surface area contributed by atoms with E-state index in [1.807, 2.05) is 0 Å². The zero-order chi connectivity index (χ0) is 23.2. The number of carbonyl (C=O) groups is 5. The van der Waals surface area contributed by atoms with Crippen LogP contribution in [0.25, 0.3) is 0 Å². The zero-order valence-corrected chi connectivity index (χ0v) is 17.7. The van der Waals surface area contributed by atoms with E-state index in [0.717, 1.165) is 0 Å². The van der Waals surface area contributed by atoms with Crippen molar-refractivity contribution in [1.82, 2.24) is 20.9 Å². The van der Waals surface area contributed by atoms with Gasteiger partial charge in [0, 0.05) is 11.6 Å². The number of urea groups is 1. The van der Waals surface area contributed by atoms with Crippen LogP contribution in [0.5, 0.6) is 0 Å². The molecule has 33 heavy (non-hydrogen) atoms. The molecular formula is C24H22N4O5. The normalized spacial score (nSPS) is 24.0. The summed E-state index contributed by atoms with van der Waals surface area (Å²) in [5.41, 5.74) is 1.00. The van der Waals surface area contributed by atoms with Gasteiger partial charge in [0.05, 0.1) is 17.7 Å². The number of nitrogens with zero attached hydrogens (tertiary/aromatic N) is 1. The number of benzene rings is 2. The number of hydrogen-bond acceptors (Lipinski definition) is 5. The van der Waals surface area contributed by atoms with Crippen LogP contribution in [0.1, 0.15) is 62.3 Å². The van der Waals surface area contributed by atoms with Gasteiger partial charge in [0.2, 0.25) is 0 Å². The Balaban J connectivity index is 1.22. The molecule has 9 nitrogen and oxygen atoms in total. The van der Waals surface area contributed by atoms with E-state index >= 15 is 0 Å². The van der Waals surface area contributed by atoms with Crippen molar-refractivity contribution in [3.05, 3.63) is 70.8 Å². The fourth-order valence-electron chi connectivity index (χ4n) is 4.78. The third kappa shape index (κ3) is 3.65. The van der Waals surface area contributed by atoms with Crippen LogP contribution < -0.4 is 16.0 Å². The minimum absolute atomic E-state index is 0.0776. The van der Waals surface area contributed by atoms with E-state index in [1.165, 1.54) is 4.90 Å². The molecule has 2 heterocycles. The standard InChI is InChI=1S/C24H22N4O5/c29-19(25-16-8-10-24(11-9-16)22(32)26-23(33)27-24)15-5-3-4-14(12-15)13-28-20(30)17-6-1-2-7-18(17)21(28)31/h1-7,12,16H,8-11,13H2,(H,25,29)(H2,26,27,32,33). The number of amides is 6.